The van der Waals surface area contributed by atoms with Crippen molar-refractivity contribution in [2.75, 3.05) is 31.7 Å². The van der Waals surface area contributed by atoms with Gasteiger partial charge in [0.25, 0.3) is 10.9 Å². The number of aliphatic hydroxyl groups is 6. The fraction of sp³-hybridized carbons (Fsp3) is 0.773. The maximum absolute atomic E-state index is 11.7. The van der Waals surface area contributed by atoms with Crippen LogP contribution in [0.25, 0.3) is 0 Å². The van der Waals surface area contributed by atoms with E-state index in [0.29, 0.717) is 0 Å². The fourth-order valence-corrected chi connectivity index (χ4v) is 4.19. The molecule has 1 aromatic rings. The number of ether oxygens (including phenoxy) is 5. The number of rotatable bonds is 13. The Labute approximate surface area is 215 Å². The fourth-order valence-electron chi connectivity index (χ4n) is 4.19. The predicted molar refractivity (Wildman–Crippen MR) is 123 cm³/mol. The standard InChI is InChI=1S/C22H33NO15/c1-2-34-19-11(14(29)17(19)32)23-5-6-35-22-20(16(31)13(28)9(7-24)37-22)38-21-18(33)15(30)12(27)8(36-21)3-4-10(25)26/h8-9,12-13,15-16,18,20-24,27-28,30-31,33H,2-7H2,1H3,(H,25,26). The van der Waals surface area contributed by atoms with Gasteiger partial charge in [-0.3, -0.25) is 14.4 Å². The number of carboxylic acid groups (broad SMARTS) is 1. The number of aliphatic hydroxyl groups excluding tert-OH is 6. The van der Waals surface area contributed by atoms with Crippen molar-refractivity contribution >= 4 is 11.7 Å². The number of hydrogen-bond acceptors (Lipinski definition) is 15. The number of carboxylic acids is 1. The molecular weight excluding hydrogens is 518 g/mol. The van der Waals surface area contributed by atoms with Crippen molar-refractivity contribution in [2.24, 2.45) is 0 Å². The molecule has 0 radical (unpaired) electrons. The molecule has 10 atom stereocenters. The van der Waals surface area contributed by atoms with Gasteiger partial charge in [-0.05, 0) is 13.3 Å². The molecule has 0 bridgehead atoms. The number of hydrogen-bond donors (Lipinski definition) is 8. The third kappa shape index (κ3) is 6.48. The first-order valence-electron chi connectivity index (χ1n) is 12.0. The molecule has 0 amide bonds. The van der Waals surface area contributed by atoms with Crippen LogP contribution in [0, 0.1) is 0 Å². The second-order valence-electron chi connectivity index (χ2n) is 8.85. The monoisotopic (exact) mass is 551 g/mol. The average Bonchev–Trinajstić information content (AvgIpc) is 2.90. The van der Waals surface area contributed by atoms with Crippen LogP contribution in [0.5, 0.6) is 5.75 Å². The molecule has 8 N–H and O–H groups in total. The SMILES string of the molecule is CCOc1c(NCCOC2OC(CO)C(O)C(O)C2OC2OC(CCC(=O)O)C(O)C(O)C2O)c(=O)c1=O. The average molecular weight is 551 g/mol. The third-order valence-corrected chi connectivity index (χ3v) is 6.27. The molecule has 2 aliphatic rings. The minimum atomic E-state index is -1.83. The van der Waals surface area contributed by atoms with Crippen molar-refractivity contribution in [1.29, 1.82) is 0 Å². The molecule has 16 heteroatoms. The molecule has 2 fully saturated rings. The van der Waals surface area contributed by atoms with E-state index < -0.39 is 91.3 Å². The molecule has 38 heavy (non-hydrogen) atoms. The number of nitrogens with one attached hydrogen (secondary N) is 1. The maximum Gasteiger partial charge on any atom is 0.303 e. The molecule has 10 unspecified atom stereocenters. The van der Waals surface area contributed by atoms with Crippen LogP contribution in [0.1, 0.15) is 19.8 Å². The highest BCUT2D eigenvalue weighted by Gasteiger charge is 2.50. The van der Waals surface area contributed by atoms with E-state index in [2.05, 4.69) is 5.32 Å². The summed E-state index contributed by atoms with van der Waals surface area (Å²) < 4.78 is 27.2. The lowest BCUT2D eigenvalue weighted by Gasteiger charge is -2.46. The zero-order chi connectivity index (χ0) is 28.1. The van der Waals surface area contributed by atoms with E-state index in [4.69, 9.17) is 28.8 Å². The first-order valence-corrected chi connectivity index (χ1v) is 12.0. The topological polar surface area (TPSA) is 251 Å². The Balaban J connectivity index is 1.67. The maximum atomic E-state index is 11.7. The van der Waals surface area contributed by atoms with Crippen LogP contribution in [-0.4, -0.2) is 129 Å². The summed E-state index contributed by atoms with van der Waals surface area (Å²) >= 11 is 0. The van der Waals surface area contributed by atoms with Gasteiger partial charge in [0, 0.05) is 13.0 Å². The van der Waals surface area contributed by atoms with Crippen LogP contribution in [-0.2, 0) is 23.7 Å². The lowest BCUT2D eigenvalue weighted by molar-refractivity contribution is -0.365. The highest BCUT2D eigenvalue weighted by molar-refractivity contribution is 5.66. The Morgan fingerprint density at radius 3 is 2.21 bits per heavy atom. The van der Waals surface area contributed by atoms with E-state index >= 15 is 0 Å². The van der Waals surface area contributed by atoms with Crippen molar-refractivity contribution in [2.45, 2.75) is 81.2 Å². The molecule has 2 aliphatic heterocycles. The van der Waals surface area contributed by atoms with Crippen LogP contribution in [0.4, 0.5) is 5.69 Å². The van der Waals surface area contributed by atoms with Gasteiger partial charge in [0.1, 0.15) is 48.4 Å². The highest BCUT2D eigenvalue weighted by Crippen LogP contribution is 2.30. The van der Waals surface area contributed by atoms with Gasteiger partial charge in [-0.1, -0.05) is 0 Å². The summed E-state index contributed by atoms with van der Waals surface area (Å²) in [6, 6.07) is 0. The quantitative estimate of drug-likeness (QED) is 0.0851. The molecule has 0 spiro atoms. The predicted octanol–water partition coefficient (Wildman–Crippen LogP) is -4.39. The number of anilines is 1. The van der Waals surface area contributed by atoms with E-state index in [0.717, 1.165) is 0 Å². The van der Waals surface area contributed by atoms with Crippen LogP contribution in [0.15, 0.2) is 9.59 Å². The molecular formula is C22H33NO15. The van der Waals surface area contributed by atoms with Gasteiger partial charge < -0.3 is 64.7 Å². The van der Waals surface area contributed by atoms with Gasteiger partial charge in [-0.2, -0.15) is 0 Å². The van der Waals surface area contributed by atoms with Crippen LogP contribution in [0.2, 0.25) is 0 Å². The van der Waals surface area contributed by atoms with Gasteiger partial charge in [0.15, 0.2) is 18.3 Å². The minimum Gasteiger partial charge on any atom is -0.488 e. The summed E-state index contributed by atoms with van der Waals surface area (Å²) in [5.41, 5.74) is -1.55. The molecule has 2 heterocycles. The van der Waals surface area contributed by atoms with Gasteiger partial charge >= 0.3 is 5.97 Å². The lowest BCUT2D eigenvalue weighted by Crippen LogP contribution is -2.64. The molecule has 0 aliphatic carbocycles. The van der Waals surface area contributed by atoms with E-state index in [1.54, 1.807) is 6.92 Å². The summed E-state index contributed by atoms with van der Waals surface area (Å²) in [7, 11) is 0. The van der Waals surface area contributed by atoms with E-state index in [1.807, 2.05) is 0 Å². The Hall–Kier alpha value is -2.25. The van der Waals surface area contributed by atoms with E-state index in [-0.39, 0.29) is 37.6 Å². The zero-order valence-corrected chi connectivity index (χ0v) is 20.4. The summed E-state index contributed by atoms with van der Waals surface area (Å²) in [4.78, 5) is 34.2. The van der Waals surface area contributed by atoms with Crippen molar-refractivity contribution in [1.82, 2.24) is 0 Å². The van der Waals surface area contributed by atoms with Gasteiger partial charge in [0.2, 0.25) is 0 Å². The minimum absolute atomic E-state index is 0.0276. The van der Waals surface area contributed by atoms with Gasteiger partial charge in [-0.25, -0.2) is 0 Å². The Bertz CT molecular complexity index is 996. The van der Waals surface area contributed by atoms with Crippen LogP contribution in [0.3, 0.4) is 0 Å². The van der Waals surface area contributed by atoms with E-state index in [9.17, 15) is 45.0 Å². The number of carbonyl (C=O) groups is 1. The highest BCUT2D eigenvalue weighted by atomic mass is 16.8. The van der Waals surface area contributed by atoms with Crippen molar-refractivity contribution in [3.05, 3.63) is 20.4 Å². The first-order chi connectivity index (χ1) is 18.0. The van der Waals surface area contributed by atoms with Gasteiger partial charge in [-0.15, -0.1) is 0 Å². The summed E-state index contributed by atoms with van der Waals surface area (Å²) in [5.74, 6) is -1.29. The second-order valence-corrected chi connectivity index (χ2v) is 8.85. The smallest absolute Gasteiger partial charge is 0.303 e. The lowest BCUT2D eigenvalue weighted by atomic mass is 9.95. The molecule has 216 valence electrons. The third-order valence-electron chi connectivity index (χ3n) is 6.27. The van der Waals surface area contributed by atoms with Crippen LogP contribution < -0.4 is 20.9 Å². The summed E-state index contributed by atoms with van der Waals surface area (Å²) in [6.07, 6.45) is -16.5. The zero-order valence-electron chi connectivity index (χ0n) is 20.4. The molecule has 2 saturated heterocycles. The van der Waals surface area contributed by atoms with Crippen molar-refractivity contribution in [3.8, 4) is 5.75 Å². The largest absolute Gasteiger partial charge is 0.488 e. The second kappa shape index (κ2) is 13.2. The molecule has 3 rings (SSSR count). The van der Waals surface area contributed by atoms with Crippen molar-refractivity contribution < 1.29 is 64.2 Å². The van der Waals surface area contributed by atoms with Crippen molar-refractivity contribution in [3.63, 3.8) is 0 Å². The normalized spacial score (nSPS) is 35.8. The molecule has 1 aromatic carbocycles. The molecule has 16 nitrogen and oxygen atoms in total. The molecule has 0 aromatic heterocycles. The number of aliphatic carboxylic acids is 1. The Kier molecular flexibility index (Phi) is 10.5. The summed E-state index contributed by atoms with van der Waals surface area (Å²) in [5, 5.41) is 72.8. The van der Waals surface area contributed by atoms with E-state index in [1.165, 1.54) is 0 Å². The Morgan fingerprint density at radius 1 is 0.921 bits per heavy atom. The Morgan fingerprint density at radius 2 is 1.58 bits per heavy atom. The first kappa shape index (κ1) is 30.3. The summed E-state index contributed by atoms with van der Waals surface area (Å²) in [6.45, 7) is 0.876. The van der Waals surface area contributed by atoms with Crippen LogP contribution >= 0.6 is 0 Å². The van der Waals surface area contributed by atoms with Gasteiger partial charge in [0.05, 0.1) is 25.9 Å². The molecule has 0 saturated carbocycles.